The van der Waals surface area contributed by atoms with Crippen LogP contribution in [0.25, 0.3) is 0 Å². The van der Waals surface area contributed by atoms with Gasteiger partial charge in [-0.3, -0.25) is 0 Å². The summed E-state index contributed by atoms with van der Waals surface area (Å²) in [7, 11) is 0. The molecule has 1 aromatic heterocycles. The molecule has 0 aliphatic carbocycles. The van der Waals surface area contributed by atoms with Gasteiger partial charge in [-0.05, 0) is 51.6 Å². The first-order chi connectivity index (χ1) is 9.04. The number of nitrogens with one attached hydrogen (secondary N) is 1. The number of hydrogen-bond donors (Lipinski definition) is 1. The molecular formula is C17H31NO. The molecule has 0 fully saturated rings. The summed E-state index contributed by atoms with van der Waals surface area (Å²) < 4.78 is 5.82. The molecule has 0 aromatic carbocycles. The lowest BCUT2D eigenvalue weighted by atomic mass is 9.89. The van der Waals surface area contributed by atoms with Crippen molar-refractivity contribution in [3.8, 4) is 0 Å². The average Bonchev–Trinajstić information content (AvgIpc) is 2.65. The first-order valence-electron chi connectivity index (χ1n) is 7.84. The van der Waals surface area contributed by atoms with Crippen LogP contribution < -0.4 is 5.32 Å². The first-order valence-corrected chi connectivity index (χ1v) is 7.84. The Kier molecular flexibility index (Phi) is 6.64. The summed E-state index contributed by atoms with van der Waals surface area (Å²) in [6.45, 7) is 14.3. The molecule has 0 saturated heterocycles. The molecule has 1 unspecified atom stereocenters. The van der Waals surface area contributed by atoms with Gasteiger partial charge in [0.05, 0.1) is 0 Å². The summed E-state index contributed by atoms with van der Waals surface area (Å²) >= 11 is 0. The minimum absolute atomic E-state index is 0.447. The van der Waals surface area contributed by atoms with Gasteiger partial charge in [0, 0.05) is 11.6 Å². The van der Waals surface area contributed by atoms with Crippen molar-refractivity contribution in [3.63, 3.8) is 0 Å². The quantitative estimate of drug-likeness (QED) is 0.709. The molecule has 110 valence electrons. The topological polar surface area (TPSA) is 25.2 Å². The molecule has 0 aliphatic rings. The van der Waals surface area contributed by atoms with E-state index in [1.54, 1.807) is 0 Å². The maximum atomic E-state index is 5.82. The van der Waals surface area contributed by atoms with E-state index in [1.165, 1.54) is 36.8 Å². The molecule has 2 nitrogen and oxygen atoms in total. The maximum Gasteiger partial charge on any atom is 0.106 e. The van der Waals surface area contributed by atoms with Crippen LogP contribution in [-0.4, -0.2) is 6.54 Å². The molecule has 1 aromatic rings. The number of hydrogen-bond acceptors (Lipinski definition) is 2. The monoisotopic (exact) mass is 265 g/mol. The molecule has 0 radical (unpaired) electrons. The highest BCUT2D eigenvalue weighted by atomic mass is 16.3. The lowest BCUT2D eigenvalue weighted by Gasteiger charge is -2.24. The molecule has 1 heterocycles. The summed E-state index contributed by atoms with van der Waals surface area (Å²) in [5.41, 5.74) is 2.73. The van der Waals surface area contributed by atoms with Gasteiger partial charge in [-0.2, -0.15) is 0 Å². The van der Waals surface area contributed by atoms with Crippen LogP contribution in [0.3, 0.4) is 0 Å². The third-order valence-electron chi connectivity index (χ3n) is 4.33. The number of aryl methyl sites for hydroxylation is 2. The minimum Gasteiger partial charge on any atom is -0.466 e. The summed E-state index contributed by atoms with van der Waals surface area (Å²) in [5, 5.41) is 3.72. The van der Waals surface area contributed by atoms with Crippen LogP contribution in [0.15, 0.2) is 4.42 Å². The Labute approximate surface area is 119 Å². The molecular weight excluding hydrogens is 234 g/mol. The third-order valence-corrected chi connectivity index (χ3v) is 4.33. The van der Waals surface area contributed by atoms with E-state index >= 15 is 0 Å². The predicted molar refractivity (Wildman–Crippen MR) is 82.6 cm³/mol. The second kappa shape index (κ2) is 7.74. The Bertz CT molecular complexity index is 377. The summed E-state index contributed by atoms with van der Waals surface area (Å²) in [4.78, 5) is 0. The van der Waals surface area contributed by atoms with Gasteiger partial charge in [0.15, 0.2) is 0 Å². The van der Waals surface area contributed by atoms with Crippen molar-refractivity contribution < 1.29 is 4.42 Å². The second-order valence-corrected chi connectivity index (χ2v) is 5.68. The fourth-order valence-corrected chi connectivity index (χ4v) is 2.90. The number of rotatable bonds is 8. The Morgan fingerprint density at radius 3 is 2.05 bits per heavy atom. The van der Waals surface area contributed by atoms with Gasteiger partial charge >= 0.3 is 0 Å². The zero-order valence-electron chi connectivity index (χ0n) is 13.6. The van der Waals surface area contributed by atoms with Gasteiger partial charge in [0.25, 0.3) is 0 Å². The summed E-state index contributed by atoms with van der Waals surface area (Å²) in [6.07, 6.45) is 4.91. The molecule has 0 bridgehead atoms. The third kappa shape index (κ3) is 4.10. The van der Waals surface area contributed by atoms with E-state index in [1.807, 2.05) is 0 Å². The minimum atomic E-state index is 0.447. The molecule has 19 heavy (non-hydrogen) atoms. The van der Waals surface area contributed by atoms with Gasteiger partial charge in [0.2, 0.25) is 0 Å². The predicted octanol–water partition coefficient (Wildman–Crippen LogP) is 5.07. The molecule has 0 amide bonds. The largest absolute Gasteiger partial charge is 0.466 e. The van der Waals surface area contributed by atoms with Crippen molar-refractivity contribution in [1.82, 2.24) is 5.32 Å². The SMILES string of the molecule is CCCNC(CC(CC)CC)c1c(C)oc(C)c1C. The molecule has 0 aliphatic heterocycles. The zero-order valence-corrected chi connectivity index (χ0v) is 13.6. The van der Waals surface area contributed by atoms with E-state index in [0.717, 1.165) is 24.0 Å². The highest BCUT2D eigenvalue weighted by molar-refractivity contribution is 5.34. The van der Waals surface area contributed by atoms with Gasteiger partial charge < -0.3 is 9.73 Å². The van der Waals surface area contributed by atoms with E-state index in [2.05, 4.69) is 46.9 Å². The van der Waals surface area contributed by atoms with E-state index in [0.29, 0.717) is 6.04 Å². The molecule has 1 atom stereocenters. The summed E-state index contributed by atoms with van der Waals surface area (Å²) in [5.74, 6) is 2.96. The van der Waals surface area contributed by atoms with Crippen molar-refractivity contribution in [2.24, 2.45) is 5.92 Å². The Balaban J connectivity index is 2.95. The zero-order chi connectivity index (χ0) is 14.4. The Morgan fingerprint density at radius 2 is 1.63 bits per heavy atom. The van der Waals surface area contributed by atoms with Crippen LogP contribution in [0.2, 0.25) is 0 Å². The average molecular weight is 265 g/mol. The van der Waals surface area contributed by atoms with Crippen molar-refractivity contribution in [3.05, 3.63) is 22.6 Å². The van der Waals surface area contributed by atoms with Gasteiger partial charge in [-0.25, -0.2) is 0 Å². The highest BCUT2D eigenvalue weighted by Gasteiger charge is 2.22. The van der Waals surface area contributed by atoms with Crippen LogP contribution >= 0.6 is 0 Å². The van der Waals surface area contributed by atoms with Crippen LogP contribution in [0.1, 0.15) is 75.1 Å². The Hall–Kier alpha value is -0.760. The number of furan rings is 1. The van der Waals surface area contributed by atoms with Crippen LogP contribution in [0.5, 0.6) is 0 Å². The lowest BCUT2D eigenvalue weighted by Crippen LogP contribution is -2.25. The second-order valence-electron chi connectivity index (χ2n) is 5.68. The fourth-order valence-electron chi connectivity index (χ4n) is 2.90. The molecule has 0 spiro atoms. The highest BCUT2D eigenvalue weighted by Crippen LogP contribution is 2.32. The van der Waals surface area contributed by atoms with Gasteiger partial charge in [0.1, 0.15) is 11.5 Å². The van der Waals surface area contributed by atoms with Gasteiger partial charge in [-0.15, -0.1) is 0 Å². The smallest absolute Gasteiger partial charge is 0.106 e. The molecule has 1 rings (SSSR count). The van der Waals surface area contributed by atoms with E-state index < -0.39 is 0 Å². The Morgan fingerprint density at radius 1 is 1.00 bits per heavy atom. The van der Waals surface area contributed by atoms with E-state index in [4.69, 9.17) is 4.42 Å². The fraction of sp³-hybridized carbons (Fsp3) is 0.765. The lowest BCUT2D eigenvalue weighted by molar-refractivity contribution is 0.366. The first kappa shape index (κ1) is 16.3. The van der Waals surface area contributed by atoms with Crippen LogP contribution in [0, 0.1) is 26.7 Å². The van der Waals surface area contributed by atoms with Crippen molar-refractivity contribution in [2.45, 2.75) is 73.3 Å². The van der Waals surface area contributed by atoms with Gasteiger partial charge in [-0.1, -0.05) is 33.6 Å². The normalized spacial score (nSPS) is 13.2. The standard InChI is InChI=1S/C17H31NO/c1-7-10-18-16(11-15(8-2)9-3)17-12(4)13(5)19-14(17)6/h15-16,18H,7-11H2,1-6H3. The van der Waals surface area contributed by atoms with Crippen molar-refractivity contribution in [1.29, 1.82) is 0 Å². The molecule has 0 saturated carbocycles. The van der Waals surface area contributed by atoms with Crippen LogP contribution in [0.4, 0.5) is 0 Å². The molecule has 1 N–H and O–H groups in total. The van der Waals surface area contributed by atoms with E-state index in [-0.39, 0.29) is 0 Å². The maximum absolute atomic E-state index is 5.82. The van der Waals surface area contributed by atoms with Crippen molar-refractivity contribution in [2.75, 3.05) is 6.54 Å². The van der Waals surface area contributed by atoms with Crippen LogP contribution in [-0.2, 0) is 0 Å². The molecule has 2 heteroatoms. The van der Waals surface area contributed by atoms with E-state index in [9.17, 15) is 0 Å². The summed E-state index contributed by atoms with van der Waals surface area (Å²) in [6, 6.07) is 0.447. The van der Waals surface area contributed by atoms with Crippen molar-refractivity contribution >= 4 is 0 Å².